The smallest absolute Gasteiger partial charge is 0.352 e. The van der Waals surface area contributed by atoms with Gasteiger partial charge in [0.1, 0.15) is 0 Å². The molecule has 1 rings (SSSR count). The first-order valence-corrected chi connectivity index (χ1v) is 6.73. The predicted molar refractivity (Wildman–Crippen MR) is 82.3 cm³/mol. The van der Waals surface area contributed by atoms with Crippen molar-refractivity contribution in [3.05, 3.63) is 32.9 Å². The minimum absolute atomic E-state index is 0. The first kappa shape index (κ1) is 19.5. The van der Waals surface area contributed by atoms with E-state index in [1.807, 2.05) is 0 Å². The number of carbonyl (C=O) groups is 1. The van der Waals surface area contributed by atoms with E-state index in [9.17, 15) is 18.0 Å². The van der Waals surface area contributed by atoms with Crippen LogP contribution in [-0.4, -0.2) is 26.0 Å². The summed E-state index contributed by atoms with van der Waals surface area (Å²) in [6.07, 6.45) is -3.72. The molecule has 0 bridgehead atoms. The highest BCUT2D eigenvalue weighted by Gasteiger charge is 2.31. The van der Waals surface area contributed by atoms with Gasteiger partial charge in [-0.3, -0.25) is 4.79 Å². The normalized spacial score (nSPS) is 10.8. The van der Waals surface area contributed by atoms with E-state index in [1.165, 1.54) is 6.07 Å². The van der Waals surface area contributed by atoms with Gasteiger partial charge in [-0.2, -0.15) is 13.2 Å². The third-order valence-electron chi connectivity index (χ3n) is 2.38. The SMILES string of the molecule is CNCCCNC(=O)c1cc(I)cc(C(F)(F)F)c1.Cl. The Morgan fingerprint density at radius 2 is 1.90 bits per heavy atom. The van der Waals surface area contributed by atoms with E-state index < -0.39 is 17.6 Å². The lowest BCUT2D eigenvalue weighted by atomic mass is 10.1. The highest BCUT2D eigenvalue weighted by Crippen LogP contribution is 2.31. The monoisotopic (exact) mass is 422 g/mol. The molecular weight excluding hydrogens is 407 g/mol. The highest BCUT2D eigenvalue weighted by atomic mass is 127. The average molecular weight is 423 g/mol. The number of carbonyl (C=O) groups excluding carboxylic acids is 1. The highest BCUT2D eigenvalue weighted by molar-refractivity contribution is 14.1. The molecule has 0 aromatic heterocycles. The summed E-state index contributed by atoms with van der Waals surface area (Å²) in [5.41, 5.74) is -0.775. The number of nitrogens with one attached hydrogen (secondary N) is 2. The Kier molecular flexibility index (Phi) is 8.45. The van der Waals surface area contributed by atoms with Gasteiger partial charge < -0.3 is 10.6 Å². The third kappa shape index (κ3) is 6.27. The number of halogens is 5. The van der Waals surface area contributed by atoms with Crippen molar-refractivity contribution in [3.8, 4) is 0 Å². The molecule has 0 saturated carbocycles. The number of hydrogen-bond acceptors (Lipinski definition) is 2. The van der Waals surface area contributed by atoms with Gasteiger partial charge in [0, 0.05) is 15.7 Å². The fourth-order valence-electron chi connectivity index (χ4n) is 1.45. The van der Waals surface area contributed by atoms with E-state index >= 15 is 0 Å². The van der Waals surface area contributed by atoms with E-state index in [-0.39, 0.29) is 18.0 Å². The molecular formula is C12H15ClF3IN2O. The second-order valence-electron chi connectivity index (χ2n) is 3.94. The Morgan fingerprint density at radius 3 is 2.45 bits per heavy atom. The third-order valence-corrected chi connectivity index (χ3v) is 3.00. The molecule has 0 heterocycles. The van der Waals surface area contributed by atoms with Crippen molar-refractivity contribution >= 4 is 40.9 Å². The van der Waals surface area contributed by atoms with Crippen LogP contribution in [0.3, 0.4) is 0 Å². The van der Waals surface area contributed by atoms with Crippen molar-refractivity contribution in [2.75, 3.05) is 20.1 Å². The topological polar surface area (TPSA) is 41.1 Å². The Morgan fingerprint density at radius 1 is 1.25 bits per heavy atom. The van der Waals surface area contributed by atoms with Crippen LogP contribution < -0.4 is 10.6 Å². The van der Waals surface area contributed by atoms with E-state index in [4.69, 9.17) is 0 Å². The van der Waals surface area contributed by atoms with Crippen LogP contribution in [0.4, 0.5) is 13.2 Å². The molecule has 0 spiro atoms. The fourth-order valence-corrected chi connectivity index (χ4v) is 2.12. The maximum Gasteiger partial charge on any atom is 0.416 e. The minimum Gasteiger partial charge on any atom is -0.352 e. The molecule has 1 amide bonds. The van der Waals surface area contributed by atoms with E-state index in [0.717, 1.165) is 25.1 Å². The number of alkyl halides is 3. The quantitative estimate of drug-likeness (QED) is 0.566. The van der Waals surface area contributed by atoms with Crippen molar-refractivity contribution in [2.24, 2.45) is 0 Å². The summed E-state index contributed by atoms with van der Waals surface area (Å²) in [7, 11) is 1.79. The number of hydrogen-bond donors (Lipinski definition) is 2. The lowest BCUT2D eigenvalue weighted by Crippen LogP contribution is -2.27. The van der Waals surface area contributed by atoms with Crippen LogP contribution in [0.15, 0.2) is 18.2 Å². The summed E-state index contributed by atoms with van der Waals surface area (Å²) < 4.78 is 38.2. The zero-order valence-electron chi connectivity index (χ0n) is 10.7. The summed E-state index contributed by atoms with van der Waals surface area (Å²) in [5.74, 6) is -0.486. The number of rotatable bonds is 5. The summed E-state index contributed by atoms with van der Waals surface area (Å²) in [6.45, 7) is 1.16. The van der Waals surface area contributed by atoms with Crippen LogP contribution >= 0.6 is 35.0 Å². The predicted octanol–water partition coefficient (Wildman–Crippen LogP) is 3.07. The molecule has 114 valence electrons. The molecule has 1 aromatic carbocycles. The first-order chi connectivity index (χ1) is 8.84. The van der Waals surface area contributed by atoms with Crippen LogP contribution in [-0.2, 0) is 6.18 Å². The molecule has 3 nitrogen and oxygen atoms in total. The van der Waals surface area contributed by atoms with Crippen LogP contribution in [0, 0.1) is 3.57 Å². The van der Waals surface area contributed by atoms with Crippen LogP contribution in [0.2, 0.25) is 0 Å². The Hall–Kier alpha value is -0.540. The maximum atomic E-state index is 12.6. The van der Waals surface area contributed by atoms with Gasteiger partial charge in [0.25, 0.3) is 5.91 Å². The molecule has 1 aromatic rings. The van der Waals surface area contributed by atoms with Crippen LogP contribution in [0.1, 0.15) is 22.3 Å². The maximum absolute atomic E-state index is 12.6. The largest absolute Gasteiger partial charge is 0.416 e. The van der Waals surface area contributed by atoms with Gasteiger partial charge in [-0.05, 0) is 60.8 Å². The molecule has 0 saturated heterocycles. The zero-order chi connectivity index (χ0) is 14.5. The molecule has 20 heavy (non-hydrogen) atoms. The van der Waals surface area contributed by atoms with Crippen molar-refractivity contribution in [1.82, 2.24) is 10.6 Å². The molecule has 8 heteroatoms. The molecule has 0 aliphatic rings. The molecule has 0 aliphatic carbocycles. The second kappa shape index (κ2) is 8.68. The van der Waals surface area contributed by atoms with Gasteiger partial charge in [0.05, 0.1) is 5.56 Å². The zero-order valence-corrected chi connectivity index (χ0v) is 13.7. The van der Waals surface area contributed by atoms with Gasteiger partial charge in [-0.15, -0.1) is 12.4 Å². The van der Waals surface area contributed by atoms with Crippen LogP contribution in [0.5, 0.6) is 0 Å². The van der Waals surface area contributed by atoms with E-state index in [1.54, 1.807) is 29.6 Å². The van der Waals surface area contributed by atoms with Crippen molar-refractivity contribution in [3.63, 3.8) is 0 Å². The fraction of sp³-hybridized carbons (Fsp3) is 0.417. The molecule has 0 unspecified atom stereocenters. The molecule has 0 aliphatic heterocycles. The van der Waals surface area contributed by atoms with E-state index in [0.29, 0.717) is 10.1 Å². The minimum atomic E-state index is -4.44. The molecule has 2 N–H and O–H groups in total. The van der Waals surface area contributed by atoms with E-state index in [2.05, 4.69) is 10.6 Å². The van der Waals surface area contributed by atoms with Crippen LogP contribution in [0.25, 0.3) is 0 Å². The van der Waals surface area contributed by atoms with Gasteiger partial charge in [0.15, 0.2) is 0 Å². The van der Waals surface area contributed by atoms with Gasteiger partial charge in [-0.1, -0.05) is 0 Å². The Labute approximate surface area is 135 Å². The summed E-state index contributed by atoms with van der Waals surface area (Å²) in [4.78, 5) is 11.7. The average Bonchev–Trinajstić information content (AvgIpc) is 2.32. The van der Waals surface area contributed by atoms with Crippen molar-refractivity contribution < 1.29 is 18.0 Å². The summed E-state index contributed by atoms with van der Waals surface area (Å²) >= 11 is 1.77. The Balaban J connectivity index is 0.00000361. The lowest BCUT2D eigenvalue weighted by Gasteiger charge is -2.10. The summed E-state index contributed by atoms with van der Waals surface area (Å²) in [6, 6.07) is 3.32. The summed E-state index contributed by atoms with van der Waals surface area (Å²) in [5, 5.41) is 5.51. The second-order valence-corrected chi connectivity index (χ2v) is 5.18. The number of benzene rings is 1. The van der Waals surface area contributed by atoms with Gasteiger partial charge >= 0.3 is 6.18 Å². The van der Waals surface area contributed by atoms with Crippen molar-refractivity contribution in [2.45, 2.75) is 12.6 Å². The van der Waals surface area contributed by atoms with Gasteiger partial charge in [-0.25, -0.2) is 0 Å². The number of amides is 1. The Bertz CT molecular complexity index is 455. The standard InChI is InChI=1S/C12H14F3IN2O.ClH/c1-17-3-2-4-18-11(19)8-5-9(12(13,14)15)7-10(16)6-8;/h5-7,17H,2-4H2,1H3,(H,18,19);1H. The molecule has 0 atom stereocenters. The van der Waals surface area contributed by atoms with Gasteiger partial charge in [0.2, 0.25) is 0 Å². The first-order valence-electron chi connectivity index (χ1n) is 5.65. The lowest BCUT2D eigenvalue weighted by molar-refractivity contribution is -0.137. The van der Waals surface area contributed by atoms with Crippen molar-refractivity contribution in [1.29, 1.82) is 0 Å². The molecule has 0 fully saturated rings. The molecule has 0 radical (unpaired) electrons.